The van der Waals surface area contributed by atoms with E-state index in [1.54, 1.807) is 42.6 Å². The smallest absolute Gasteiger partial charge is 0.413 e. The number of likely N-dealkylation sites (tertiary alicyclic amines) is 1. The van der Waals surface area contributed by atoms with Crippen LogP contribution in [-0.2, 0) is 16.1 Å². The molecule has 0 spiro atoms. The number of amides is 2. The minimum absolute atomic E-state index is 0.0620. The molecule has 2 amide bonds. The topological polar surface area (TPSA) is 139 Å². The van der Waals surface area contributed by atoms with Gasteiger partial charge in [-0.05, 0) is 54.6 Å². The quantitative estimate of drug-likeness (QED) is 0.263. The Morgan fingerprint density at radius 1 is 1.12 bits per heavy atom. The Bertz CT molecular complexity index is 1550. The SMILES string of the molecule is C=CC(=O)N1C[C@H](O)C[C@@H]1OC(=O)Nc1ccc2ncnc(Nc3ccc(OCc4ccccn4)c(Cl)c3)c2c1. The highest BCUT2D eigenvalue weighted by Crippen LogP contribution is 2.31. The lowest BCUT2D eigenvalue weighted by Gasteiger charge is -2.22. The first-order valence-corrected chi connectivity index (χ1v) is 12.7. The Balaban J connectivity index is 1.28. The van der Waals surface area contributed by atoms with Crippen molar-refractivity contribution in [2.75, 3.05) is 17.2 Å². The second kappa shape index (κ2) is 12.0. The van der Waals surface area contributed by atoms with Crippen molar-refractivity contribution in [3.63, 3.8) is 0 Å². The third-order valence-electron chi connectivity index (χ3n) is 6.11. The van der Waals surface area contributed by atoms with E-state index in [4.69, 9.17) is 21.1 Å². The number of β-amino-alcohol motifs (C(OH)–C–C–N with tert-alkyl or cyclic N) is 1. The molecule has 2 atom stereocenters. The fourth-order valence-corrected chi connectivity index (χ4v) is 4.45. The van der Waals surface area contributed by atoms with E-state index in [0.29, 0.717) is 38.9 Å². The molecule has 40 heavy (non-hydrogen) atoms. The number of rotatable bonds is 8. The fourth-order valence-electron chi connectivity index (χ4n) is 4.21. The molecule has 5 rings (SSSR count). The zero-order valence-electron chi connectivity index (χ0n) is 21.2. The Labute approximate surface area is 234 Å². The lowest BCUT2D eigenvalue weighted by Crippen LogP contribution is -2.38. The van der Waals surface area contributed by atoms with Gasteiger partial charge in [0.1, 0.15) is 24.5 Å². The van der Waals surface area contributed by atoms with Crippen molar-refractivity contribution >= 4 is 51.7 Å². The Morgan fingerprint density at radius 2 is 1.98 bits per heavy atom. The third kappa shape index (κ3) is 6.28. The van der Waals surface area contributed by atoms with Gasteiger partial charge in [-0.2, -0.15) is 0 Å². The molecule has 1 aliphatic heterocycles. The number of halogens is 1. The van der Waals surface area contributed by atoms with Crippen LogP contribution in [0.4, 0.5) is 22.0 Å². The van der Waals surface area contributed by atoms with Crippen molar-refractivity contribution < 1.29 is 24.2 Å². The predicted octanol–water partition coefficient (Wildman–Crippen LogP) is 4.65. The van der Waals surface area contributed by atoms with Gasteiger partial charge in [-0.1, -0.05) is 24.2 Å². The predicted molar refractivity (Wildman–Crippen MR) is 149 cm³/mol. The number of aliphatic hydroxyl groups is 1. The molecule has 204 valence electrons. The highest BCUT2D eigenvalue weighted by atomic mass is 35.5. The molecule has 2 aromatic carbocycles. The van der Waals surface area contributed by atoms with E-state index in [1.165, 1.54) is 11.2 Å². The first-order chi connectivity index (χ1) is 19.4. The number of pyridine rings is 1. The number of nitrogens with one attached hydrogen (secondary N) is 2. The Hall–Kier alpha value is -4.74. The number of anilines is 3. The summed E-state index contributed by atoms with van der Waals surface area (Å²) in [6, 6.07) is 16.0. The molecule has 1 saturated heterocycles. The molecule has 4 aromatic rings. The van der Waals surface area contributed by atoms with Gasteiger partial charge < -0.3 is 24.8 Å². The Kier molecular flexibility index (Phi) is 8.04. The van der Waals surface area contributed by atoms with Crippen molar-refractivity contribution in [1.82, 2.24) is 19.9 Å². The third-order valence-corrected chi connectivity index (χ3v) is 6.40. The van der Waals surface area contributed by atoms with Crippen LogP contribution in [0.1, 0.15) is 12.1 Å². The number of carbonyl (C=O) groups excluding carboxylic acids is 2. The molecule has 3 heterocycles. The average molecular weight is 561 g/mol. The molecule has 1 aliphatic rings. The average Bonchev–Trinajstić information content (AvgIpc) is 3.32. The number of aromatic nitrogens is 3. The largest absolute Gasteiger partial charge is 0.486 e. The standard InChI is InChI=1S/C28H25ClN6O5/c1-2-25(37)35-14-20(36)13-26(35)40-28(38)34-17-6-8-23-21(11-17)27(32-16-31-23)33-18-7-9-24(22(29)12-18)39-15-19-5-3-4-10-30-19/h2-12,16,20,26,36H,1,13-15H2,(H,34,38)(H,31,32,33)/t20-,26+/m1/s1. The molecule has 0 aliphatic carbocycles. The molecule has 11 nitrogen and oxygen atoms in total. The molecule has 2 aromatic heterocycles. The van der Waals surface area contributed by atoms with Gasteiger partial charge in [0.25, 0.3) is 0 Å². The van der Waals surface area contributed by atoms with Crippen molar-refractivity contribution in [2.24, 2.45) is 0 Å². The van der Waals surface area contributed by atoms with Crippen molar-refractivity contribution in [2.45, 2.75) is 25.4 Å². The van der Waals surface area contributed by atoms with Crippen LogP contribution >= 0.6 is 11.6 Å². The highest BCUT2D eigenvalue weighted by molar-refractivity contribution is 6.32. The summed E-state index contributed by atoms with van der Waals surface area (Å²) in [5.41, 5.74) is 2.51. The second-order valence-electron chi connectivity index (χ2n) is 8.90. The van der Waals surface area contributed by atoms with Gasteiger partial charge in [0.05, 0.1) is 28.9 Å². The number of hydrogen-bond acceptors (Lipinski definition) is 9. The van der Waals surface area contributed by atoms with Crippen LogP contribution in [0.2, 0.25) is 5.02 Å². The maximum absolute atomic E-state index is 12.6. The van der Waals surface area contributed by atoms with Crippen LogP contribution in [0.3, 0.4) is 0 Å². The first kappa shape index (κ1) is 26.9. The molecule has 12 heteroatoms. The lowest BCUT2D eigenvalue weighted by atomic mass is 10.2. The van der Waals surface area contributed by atoms with Crippen LogP contribution in [0.25, 0.3) is 10.9 Å². The summed E-state index contributed by atoms with van der Waals surface area (Å²) >= 11 is 6.46. The van der Waals surface area contributed by atoms with Crippen molar-refractivity contribution in [3.8, 4) is 5.75 Å². The monoisotopic (exact) mass is 560 g/mol. The lowest BCUT2D eigenvalue weighted by molar-refractivity contribution is -0.132. The van der Waals surface area contributed by atoms with Gasteiger partial charge in [-0.3, -0.25) is 15.1 Å². The van der Waals surface area contributed by atoms with Gasteiger partial charge in [-0.15, -0.1) is 0 Å². The number of hydrogen-bond donors (Lipinski definition) is 3. The molecular formula is C28H25ClN6O5. The maximum atomic E-state index is 12.6. The number of nitrogens with zero attached hydrogens (tertiary/aromatic N) is 4. The summed E-state index contributed by atoms with van der Waals surface area (Å²) < 4.78 is 11.2. The molecule has 0 saturated carbocycles. The molecular weight excluding hydrogens is 536 g/mol. The van der Waals surface area contributed by atoms with Gasteiger partial charge in [-0.25, -0.2) is 14.8 Å². The number of ether oxygens (including phenoxy) is 2. The highest BCUT2D eigenvalue weighted by Gasteiger charge is 2.36. The van der Waals surface area contributed by atoms with E-state index in [-0.39, 0.29) is 19.6 Å². The number of aliphatic hydroxyl groups excluding tert-OH is 1. The fraction of sp³-hybridized carbons (Fsp3) is 0.179. The molecule has 1 fully saturated rings. The summed E-state index contributed by atoms with van der Waals surface area (Å²) in [6.45, 7) is 3.79. The van der Waals surface area contributed by atoms with Crippen molar-refractivity contribution in [1.29, 1.82) is 0 Å². The van der Waals surface area contributed by atoms with E-state index in [9.17, 15) is 14.7 Å². The van der Waals surface area contributed by atoms with Crippen LogP contribution in [-0.4, -0.2) is 55.8 Å². The Morgan fingerprint density at radius 3 is 2.75 bits per heavy atom. The molecule has 0 radical (unpaired) electrons. The van der Waals surface area contributed by atoms with E-state index in [2.05, 4.69) is 32.2 Å². The van der Waals surface area contributed by atoms with Crippen molar-refractivity contribution in [3.05, 3.63) is 90.5 Å². The summed E-state index contributed by atoms with van der Waals surface area (Å²) in [4.78, 5) is 38.8. The number of benzene rings is 2. The molecule has 0 unspecified atom stereocenters. The first-order valence-electron chi connectivity index (χ1n) is 12.3. The minimum atomic E-state index is -0.901. The summed E-state index contributed by atoms with van der Waals surface area (Å²) in [6.07, 6.45) is 1.88. The van der Waals surface area contributed by atoms with E-state index < -0.39 is 24.3 Å². The van der Waals surface area contributed by atoms with Crippen LogP contribution < -0.4 is 15.4 Å². The summed E-state index contributed by atoms with van der Waals surface area (Å²) in [5.74, 6) is 0.571. The summed E-state index contributed by atoms with van der Waals surface area (Å²) in [5, 5.41) is 16.8. The van der Waals surface area contributed by atoms with Gasteiger partial charge in [0, 0.05) is 29.4 Å². The molecule has 3 N–H and O–H groups in total. The maximum Gasteiger partial charge on any atom is 0.413 e. The van der Waals surface area contributed by atoms with E-state index >= 15 is 0 Å². The number of fused-ring (bicyclic) bond motifs is 1. The zero-order chi connectivity index (χ0) is 28.1. The number of carbonyl (C=O) groups is 2. The zero-order valence-corrected chi connectivity index (χ0v) is 21.9. The van der Waals surface area contributed by atoms with Crippen LogP contribution in [0.15, 0.2) is 79.8 Å². The van der Waals surface area contributed by atoms with E-state index in [0.717, 1.165) is 11.8 Å². The normalized spacial score (nSPS) is 16.4. The van der Waals surface area contributed by atoms with Gasteiger partial charge in [0.15, 0.2) is 6.23 Å². The van der Waals surface area contributed by atoms with Crippen LogP contribution in [0, 0.1) is 0 Å². The second-order valence-corrected chi connectivity index (χ2v) is 9.31. The van der Waals surface area contributed by atoms with Gasteiger partial charge in [0.2, 0.25) is 5.91 Å². The van der Waals surface area contributed by atoms with Crippen LogP contribution in [0.5, 0.6) is 5.75 Å². The summed E-state index contributed by atoms with van der Waals surface area (Å²) in [7, 11) is 0. The minimum Gasteiger partial charge on any atom is -0.486 e. The van der Waals surface area contributed by atoms with E-state index in [1.807, 2.05) is 18.2 Å². The molecule has 0 bridgehead atoms. The van der Waals surface area contributed by atoms with Gasteiger partial charge >= 0.3 is 6.09 Å².